The molecule has 0 aliphatic carbocycles. The molecule has 0 saturated heterocycles. The predicted molar refractivity (Wildman–Crippen MR) is 105 cm³/mol. The summed E-state index contributed by atoms with van der Waals surface area (Å²) in [6, 6.07) is 18.5. The number of nitrogens with two attached hydrogens (primary N) is 1. The summed E-state index contributed by atoms with van der Waals surface area (Å²) in [6.45, 7) is 2.75. The fraction of sp³-hybridized carbons (Fsp3) is 0.250. The van der Waals surface area contributed by atoms with Crippen LogP contribution in [0, 0.1) is 5.92 Å². The normalized spacial score (nSPS) is 13.0. The first-order valence-corrected chi connectivity index (χ1v) is 8.29. The van der Waals surface area contributed by atoms with E-state index in [0.717, 1.165) is 5.52 Å². The van der Waals surface area contributed by atoms with Crippen molar-refractivity contribution in [2.24, 2.45) is 11.7 Å². The molecule has 0 spiro atoms. The molecule has 3 aromatic rings. The number of aromatic nitrogens is 1. The zero-order valence-electron chi connectivity index (χ0n) is 14.2. The van der Waals surface area contributed by atoms with Crippen molar-refractivity contribution in [3.8, 4) is 0 Å². The zero-order chi connectivity index (χ0) is 16.9. The molecule has 2 aromatic carbocycles. The number of para-hydroxylation sites is 1. The Hall–Kier alpha value is -2.30. The van der Waals surface area contributed by atoms with Gasteiger partial charge in [0.1, 0.15) is 0 Å². The van der Waals surface area contributed by atoms with Gasteiger partial charge in [-0.2, -0.15) is 0 Å². The highest BCUT2D eigenvalue weighted by Gasteiger charge is 2.20. The quantitative estimate of drug-likeness (QED) is 0.632. The van der Waals surface area contributed by atoms with Crippen LogP contribution in [0.3, 0.4) is 0 Å². The number of aromatic amines is 1. The van der Waals surface area contributed by atoms with Gasteiger partial charge in [-0.1, -0.05) is 55.5 Å². The van der Waals surface area contributed by atoms with Crippen LogP contribution in [0.4, 0.5) is 0 Å². The van der Waals surface area contributed by atoms with Crippen molar-refractivity contribution in [1.82, 2.24) is 10.3 Å². The lowest BCUT2D eigenvalue weighted by atomic mass is 9.90. The van der Waals surface area contributed by atoms with E-state index in [0.29, 0.717) is 13.1 Å². The van der Waals surface area contributed by atoms with Crippen molar-refractivity contribution in [2.75, 3.05) is 13.1 Å². The molecule has 4 N–H and O–H groups in total. The van der Waals surface area contributed by atoms with Gasteiger partial charge in [0.15, 0.2) is 0 Å². The lowest BCUT2D eigenvalue weighted by Crippen LogP contribution is -2.36. The van der Waals surface area contributed by atoms with Gasteiger partial charge < -0.3 is 16.0 Å². The first-order chi connectivity index (χ1) is 11.7. The molecule has 1 aromatic heterocycles. The summed E-state index contributed by atoms with van der Waals surface area (Å²) in [7, 11) is 0. The van der Waals surface area contributed by atoms with Gasteiger partial charge in [0, 0.05) is 42.0 Å². The number of fused-ring (bicyclic) bond motifs is 1. The number of halogens is 1. The highest BCUT2D eigenvalue weighted by Crippen LogP contribution is 2.30. The van der Waals surface area contributed by atoms with E-state index in [1.165, 1.54) is 16.5 Å². The minimum atomic E-state index is -0.176. The van der Waals surface area contributed by atoms with Crippen molar-refractivity contribution in [2.45, 2.75) is 12.8 Å². The molecule has 0 fully saturated rings. The maximum Gasteiger partial charge on any atom is 0.224 e. The lowest BCUT2D eigenvalue weighted by Gasteiger charge is -2.19. The summed E-state index contributed by atoms with van der Waals surface area (Å²) in [5, 5.41) is 4.24. The Bertz CT molecular complexity index is 816. The van der Waals surface area contributed by atoms with Gasteiger partial charge in [0.25, 0.3) is 0 Å². The van der Waals surface area contributed by atoms with Crippen LogP contribution >= 0.6 is 12.4 Å². The molecule has 0 radical (unpaired) electrons. The van der Waals surface area contributed by atoms with E-state index in [9.17, 15) is 4.79 Å². The fourth-order valence-electron chi connectivity index (χ4n) is 2.96. The molecule has 1 heterocycles. The predicted octanol–water partition coefficient (Wildman–Crippen LogP) is 3.43. The molecular formula is C20H24ClN3O. The van der Waals surface area contributed by atoms with Gasteiger partial charge in [0.2, 0.25) is 5.91 Å². The summed E-state index contributed by atoms with van der Waals surface area (Å²) in [5.74, 6) is -0.0843. The number of carbonyl (C=O) groups is 1. The van der Waals surface area contributed by atoms with Crippen LogP contribution in [-0.2, 0) is 4.79 Å². The highest BCUT2D eigenvalue weighted by atomic mass is 35.5. The van der Waals surface area contributed by atoms with Crippen LogP contribution in [0.1, 0.15) is 24.0 Å². The lowest BCUT2D eigenvalue weighted by molar-refractivity contribution is -0.124. The summed E-state index contributed by atoms with van der Waals surface area (Å²) < 4.78 is 0. The van der Waals surface area contributed by atoms with Crippen molar-refractivity contribution in [3.05, 3.63) is 71.9 Å². The van der Waals surface area contributed by atoms with E-state index in [-0.39, 0.29) is 30.2 Å². The maximum absolute atomic E-state index is 12.1. The second-order valence-electron chi connectivity index (χ2n) is 6.13. The van der Waals surface area contributed by atoms with Crippen LogP contribution in [0.15, 0.2) is 60.8 Å². The van der Waals surface area contributed by atoms with Crippen LogP contribution < -0.4 is 11.1 Å². The molecule has 25 heavy (non-hydrogen) atoms. The van der Waals surface area contributed by atoms with Gasteiger partial charge in [-0.25, -0.2) is 0 Å². The number of hydrogen-bond donors (Lipinski definition) is 3. The van der Waals surface area contributed by atoms with Crippen LogP contribution in [0.2, 0.25) is 0 Å². The van der Waals surface area contributed by atoms with E-state index in [1.54, 1.807) is 0 Å². The Morgan fingerprint density at radius 2 is 1.80 bits per heavy atom. The summed E-state index contributed by atoms with van der Waals surface area (Å²) in [4.78, 5) is 15.5. The number of H-pyrrole nitrogens is 1. The van der Waals surface area contributed by atoms with Crippen LogP contribution in [0.5, 0.6) is 0 Å². The Balaban J connectivity index is 0.00000225. The number of hydrogen-bond acceptors (Lipinski definition) is 2. The second-order valence-corrected chi connectivity index (χ2v) is 6.13. The summed E-state index contributed by atoms with van der Waals surface area (Å²) in [6.07, 6.45) is 2.04. The van der Waals surface area contributed by atoms with Gasteiger partial charge in [0.05, 0.1) is 0 Å². The van der Waals surface area contributed by atoms with Crippen LogP contribution in [-0.4, -0.2) is 24.0 Å². The van der Waals surface area contributed by atoms with Crippen molar-refractivity contribution in [1.29, 1.82) is 0 Å². The van der Waals surface area contributed by atoms with E-state index in [4.69, 9.17) is 5.73 Å². The molecule has 0 saturated carbocycles. The van der Waals surface area contributed by atoms with Crippen molar-refractivity contribution in [3.63, 3.8) is 0 Å². The molecule has 5 heteroatoms. The van der Waals surface area contributed by atoms with E-state index >= 15 is 0 Å². The number of carbonyl (C=O) groups excluding carboxylic acids is 1. The SMILES string of the molecule is CC(CN)C(=O)NCC(c1ccccc1)c1c[nH]c2ccccc12.Cl. The van der Waals surface area contributed by atoms with Gasteiger partial charge >= 0.3 is 0 Å². The molecule has 0 bridgehead atoms. The smallest absolute Gasteiger partial charge is 0.224 e. The number of nitrogens with one attached hydrogen (secondary N) is 2. The molecule has 2 atom stereocenters. The van der Waals surface area contributed by atoms with Gasteiger partial charge in [-0.3, -0.25) is 4.79 Å². The molecule has 4 nitrogen and oxygen atoms in total. The zero-order valence-corrected chi connectivity index (χ0v) is 15.1. The standard InChI is InChI=1S/C20H23N3O.ClH/c1-14(11-21)20(24)23-12-17(15-7-3-2-4-8-15)18-13-22-19-10-6-5-9-16(18)19;/h2-10,13-14,17,22H,11-12,21H2,1H3,(H,23,24);1H. The Morgan fingerprint density at radius 1 is 1.12 bits per heavy atom. The largest absolute Gasteiger partial charge is 0.361 e. The van der Waals surface area contributed by atoms with Gasteiger partial charge in [-0.15, -0.1) is 12.4 Å². The summed E-state index contributed by atoms with van der Waals surface area (Å²) >= 11 is 0. The molecular weight excluding hydrogens is 334 g/mol. The highest BCUT2D eigenvalue weighted by molar-refractivity contribution is 5.85. The van der Waals surface area contributed by atoms with Crippen molar-refractivity contribution >= 4 is 29.2 Å². The van der Waals surface area contributed by atoms with E-state index in [1.807, 2.05) is 43.5 Å². The average molecular weight is 358 g/mol. The molecule has 0 aliphatic rings. The molecule has 3 rings (SSSR count). The Morgan fingerprint density at radius 3 is 2.52 bits per heavy atom. The molecule has 0 aliphatic heterocycles. The number of benzene rings is 2. The maximum atomic E-state index is 12.1. The number of amides is 1. The fourth-order valence-corrected chi connectivity index (χ4v) is 2.96. The minimum Gasteiger partial charge on any atom is -0.361 e. The Kier molecular flexibility index (Phi) is 6.62. The molecule has 132 valence electrons. The van der Waals surface area contributed by atoms with E-state index in [2.05, 4.69) is 34.6 Å². The topological polar surface area (TPSA) is 70.9 Å². The first-order valence-electron chi connectivity index (χ1n) is 8.29. The second kappa shape index (κ2) is 8.70. The third-order valence-corrected chi connectivity index (χ3v) is 4.48. The monoisotopic (exact) mass is 357 g/mol. The van der Waals surface area contributed by atoms with Crippen molar-refractivity contribution < 1.29 is 4.79 Å². The minimum absolute atomic E-state index is 0. The number of rotatable bonds is 6. The third-order valence-electron chi connectivity index (χ3n) is 4.48. The summed E-state index contributed by atoms with van der Waals surface area (Å²) in [5.41, 5.74) is 9.08. The van der Waals surface area contributed by atoms with E-state index < -0.39 is 0 Å². The first kappa shape index (κ1) is 19.0. The van der Waals surface area contributed by atoms with Crippen LogP contribution in [0.25, 0.3) is 10.9 Å². The Labute approximate surface area is 154 Å². The molecule has 2 unspecified atom stereocenters. The molecule has 1 amide bonds. The average Bonchev–Trinajstić information content (AvgIpc) is 3.06. The third kappa shape index (κ3) is 4.21. The van der Waals surface area contributed by atoms with Gasteiger partial charge in [-0.05, 0) is 17.2 Å².